The smallest absolute Gasteiger partial charge is 0.417 e. The van der Waals surface area contributed by atoms with Crippen LogP contribution in [0.2, 0.25) is 0 Å². The molecule has 11 aromatic rings. The number of nitrogens with one attached hydrogen (secondary N) is 11. The maximum Gasteiger partial charge on any atom is 0.417 e. The molecule has 0 atom stereocenters. The molecule has 0 saturated carbocycles. The number of imide groups is 1. The van der Waals surface area contributed by atoms with Gasteiger partial charge < -0.3 is 68.1 Å². The molecule has 762 valence electrons. The Labute approximate surface area is 879 Å². The van der Waals surface area contributed by atoms with Crippen LogP contribution in [-0.4, -0.2) is 119 Å². The summed E-state index contributed by atoms with van der Waals surface area (Å²) >= 11 is 21.0. The molecule has 0 unspecified atom stereocenters. The van der Waals surface area contributed by atoms with Gasteiger partial charge in [0.15, 0.2) is 49.5 Å². The fourth-order valence-electron chi connectivity index (χ4n) is 14.5. The van der Waals surface area contributed by atoms with E-state index in [9.17, 15) is 64.7 Å². The summed E-state index contributed by atoms with van der Waals surface area (Å²) in [6.45, 7) is 67.1. The third-order valence-corrected chi connectivity index (χ3v) is 23.2. The number of nitriles is 1. The van der Waals surface area contributed by atoms with E-state index in [1.807, 2.05) is 60.6 Å². The molecule has 9 amide bonds. The number of halogens is 6. The highest BCUT2D eigenvalue weighted by Crippen LogP contribution is 2.42. The number of rotatable bonds is 18. The van der Waals surface area contributed by atoms with Gasteiger partial charge in [0.1, 0.15) is 34.1 Å². The van der Waals surface area contributed by atoms with Gasteiger partial charge in [0.05, 0.1) is 85.1 Å². The van der Waals surface area contributed by atoms with Crippen molar-refractivity contribution in [3.63, 3.8) is 0 Å². The highest BCUT2D eigenvalue weighted by atomic mass is 32.1. The molecule has 13 rings (SSSR count). The van der Waals surface area contributed by atoms with Gasteiger partial charge in [-0.1, -0.05) is 36.4 Å². The molecule has 41 heteroatoms. The zero-order chi connectivity index (χ0) is 111. The van der Waals surface area contributed by atoms with Gasteiger partial charge in [-0.2, -0.15) is 18.4 Å². The minimum absolute atomic E-state index is 0.0349. The van der Waals surface area contributed by atoms with Crippen LogP contribution in [0.15, 0.2) is 206 Å². The van der Waals surface area contributed by atoms with Crippen LogP contribution in [0.1, 0.15) is 141 Å². The van der Waals surface area contributed by atoms with Gasteiger partial charge in [-0.25, -0.2) is 51.9 Å². The first-order valence-electron chi connectivity index (χ1n) is 44.7. The molecule has 0 aromatic heterocycles. The summed E-state index contributed by atoms with van der Waals surface area (Å²) in [6, 6.07) is 53.7. The number of hydrogen-bond donors (Lipinski definition) is 11. The second-order valence-electron chi connectivity index (χ2n) is 34.5. The topological polar surface area (TPSA) is 341 Å². The van der Waals surface area contributed by atoms with Crippen molar-refractivity contribution in [1.29, 1.82) is 5.26 Å². The normalized spacial score (nSPS) is 12.2. The highest BCUT2D eigenvalue weighted by Gasteiger charge is 2.54. The molecule has 31 nitrogen and oxygen atoms in total. The van der Waals surface area contributed by atoms with E-state index in [-0.39, 0.29) is 62.1 Å². The Balaban J connectivity index is 0.000000219. The first-order chi connectivity index (χ1) is 70.2. The predicted octanol–water partition coefficient (Wildman–Crippen LogP) is 24.3. The molecule has 0 bridgehead atoms. The zero-order valence-electron chi connectivity index (χ0n) is 83.7. The summed E-state index contributed by atoms with van der Waals surface area (Å²) in [5.74, 6) is -4.85. The minimum Gasteiger partial charge on any atom is -0.468 e. The van der Waals surface area contributed by atoms with E-state index in [1.165, 1.54) is 91.6 Å². The molecule has 2 aliphatic heterocycles. The molecular formula is C108H100F6N22O9S4. The van der Waals surface area contributed by atoms with Crippen molar-refractivity contribution in [2.24, 2.45) is 0 Å². The second-order valence-corrected chi connectivity index (χ2v) is 36.0. The second kappa shape index (κ2) is 50.9. The fraction of sp³-hybridized carbons (Fsp3) is 0.213. The monoisotopic (exact) mass is 2090 g/mol. The largest absolute Gasteiger partial charge is 0.468 e. The first kappa shape index (κ1) is 116. The van der Waals surface area contributed by atoms with Crippen LogP contribution in [-0.2, 0) is 25.3 Å². The van der Waals surface area contributed by atoms with E-state index in [0.717, 1.165) is 68.0 Å². The number of nitrogens with zero attached hydrogens (tertiary/aromatic N) is 11. The lowest BCUT2D eigenvalue weighted by atomic mass is 10.0. The number of thiocarbonyl (C=S) groups is 4. The zero-order valence-corrected chi connectivity index (χ0v) is 87.0. The first-order valence-corrected chi connectivity index (χ1v) is 46.4. The van der Waals surface area contributed by atoms with Crippen LogP contribution in [0.5, 0.6) is 0 Å². The number of hydrogen-bond acceptors (Lipinski definition) is 15. The van der Waals surface area contributed by atoms with Crippen LogP contribution < -0.4 is 78.1 Å². The summed E-state index contributed by atoms with van der Waals surface area (Å²) in [7, 11) is 5.83. The molecule has 0 spiro atoms. The van der Waals surface area contributed by atoms with Crippen molar-refractivity contribution >= 4 is 213 Å². The van der Waals surface area contributed by atoms with Gasteiger partial charge in [0, 0.05) is 90.6 Å². The van der Waals surface area contributed by atoms with E-state index >= 15 is 0 Å². The molecule has 2 fully saturated rings. The predicted molar refractivity (Wildman–Crippen MR) is 585 cm³/mol. The molecule has 0 aliphatic carbocycles. The molecule has 2 heterocycles. The van der Waals surface area contributed by atoms with Crippen LogP contribution >= 0.6 is 48.9 Å². The summed E-state index contributed by atoms with van der Waals surface area (Å²) in [6.07, 6.45) is -4.58. The summed E-state index contributed by atoms with van der Waals surface area (Å²) in [5, 5.41) is 39.6. The number of ether oxygens (including phenoxy) is 1. The third-order valence-electron chi connectivity index (χ3n) is 22.3. The van der Waals surface area contributed by atoms with Crippen LogP contribution in [0.4, 0.5) is 128 Å². The summed E-state index contributed by atoms with van der Waals surface area (Å²) < 4.78 is 86.7. The molecular weight excluding hydrogens is 1990 g/mol. The van der Waals surface area contributed by atoms with Crippen LogP contribution in [0.3, 0.4) is 0 Å². The Morgan fingerprint density at radius 2 is 0.718 bits per heavy atom. The Morgan fingerprint density at radius 3 is 1.09 bits per heavy atom. The van der Waals surface area contributed by atoms with Crippen molar-refractivity contribution in [2.45, 2.75) is 126 Å². The molecule has 2 saturated heterocycles. The molecule has 11 aromatic carbocycles. The number of benzene rings is 11. The molecule has 0 radical (unpaired) electrons. The van der Waals surface area contributed by atoms with E-state index in [0.29, 0.717) is 89.7 Å². The molecule has 2 aliphatic rings. The SMILES string of the molecule is [C-]#[N+]c1ccc(N2C(=O)C(C)(C)N(c3ccc(C(=O)NC)cc3)C2=S)cc1C.[C-]#[N+]c1ccc(N2C(=O)N(c3ccc(C(=O)NC)c(F)c3)C(C)(C)C2=O)cc1C.[C-]#[N+]c1ccc(NC(=O)C(C)(C)Nc2ccc(C(=O)NC)c(F)c2)cc1C.[C-]#[N+]c1ccc(NC(=S)Nc2ccc(C#N)c(C(F)(F)F)c2)cc1C.[C-]#[N+]c1ccc(NC(=S)Nc2ccc(C(=O)NC)c(F)c2)cc1C.[C-]#[N+]c1ccc(NC(=S)OC(C)C)cc1C. The van der Waals surface area contributed by atoms with Gasteiger partial charge in [-0.15, -0.1) is 0 Å². The lowest BCUT2D eigenvalue weighted by Crippen LogP contribution is -2.44. The van der Waals surface area contributed by atoms with E-state index in [1.54, 1.807) is 182 Å². The summed E-state index contributed by atoms with van der Waals surface area (Å²) in [5.41, 5.74) is 9.01. The van der Waals surface area contributed by atoms with Gasteiger partial charge in [0.2, 0.25) is 5.91 Å². The van der Waals surface area contributed by atoms with Crippen LogP contribution in [0.25, 0.3) is 29.1 Å². The Morgan fingerprint density at radius 1 is 0.403 bits per heavy atom. The van der Waals surface area contributed by atoms with Crippen molar-refractivity contribution < 1.29 is 69.4 Å². The molecule has 149 heavy (non-hydrogen) atoms. The lowest BCUT2D eigenvalue weighted by molar-refractivity contribution is -0.137. The number of amides is 9. The maximum atomic E-state index is 14.4. The number of alkyl halides is 3. The lowest BCUT2D eigenvalue weighted by Gasteiger charge is -2.29. The van der Waals surface area contributed by atoms with E-state index < -0.39 is 81.0 Å². The number of aryl methyl sites for hydroxylation is 6. The van der Waals surface area contributed by atoms with E-state index in [4.69, 9.17) is 98.3 Å². The number of carbonyl (C=O) groups excluding carboxylic acids is 8. The number of carbonyl (C=O) groups is 8. The van der Waals surface area contributed by atoms with Gasteiger partial charge in [0.25, 0.3) is 40.6 Å². The quantitative estimate of drug-likeness (QED) is 0.0164. The molecule has 11 N–H and O–H groups in total. The third kappa shape index (κ3) is 29.4. The van der Waals surface area contributed by atoms with E-state index in [2.05, 4.69) is 87.6 Å². The van der Waals surface area contributed by atoms with Crippen molar-refractivity contribution in [3.05, 3.63) is 359 Å². The highest BCUT2D eigenvalue weighted by molar-refractivity contribution is 7.81. The average Bonchev–Trinajstić information content (AvgIpc) is 1.59. The van der Waals surface area contributed by atoms with Gasteiger partial charge in [-0.05, 0) is 349 Å². The van der Waals surface area contributed by atoms with Gasteiger partial charge >= 0.3 is 12.2 Å². The van der Waals surface area contributed by atoms with Crippen molar-refractivity contribution in [2.75, 3.05) is 85.0 Å². The minimum atomic E-state index is -4.63. The maximum absolute atomic E-state index is 14.4. The Bertz CT molecular complexity index is 7460. The Kier molecular flexibility index (Phi) is 39.7. The van der Waals surface area contributed by atoms with Crippen LogP contribution in [0, 0.1) is 110 Å². The average molecular weight is 2090 g/mol. The summed E-state index contributed by atoms with van der Waals surface area (Å²) in [4.78, 5) is 124. The number of urea groups is 1. The van der Waals surface area contributed by atoms with Gasteiger partial charge in [-0.3, -0.25) is 43.4 Å². The standard InChI is InChI=1S/C21H19FN4O3.C21H20N4O2S.C20H21FN4O2.C17H11F3N4S.C17H15FN4OS.C12H14N2OS/c1-12-10-13(7-9-17(12)23-4)25-19(28)21(2,3)26(20(25)29)14-6-8-15(16(22)11-14)18(27)24-5;1-13-12-16(10-11-17(13)22-4)24-19(27)21(2,3)25(20(24)28)15-8-6-14(7-9-15)18(26)23-5;1-12-10-13(7-9-17(12)22-4)24-19(27)20(2,3)25-14-6-8-15(16(21)11-14)18(26)23-5;1-10-7-12(5-6-15(10)22-2)23-16(25)24-13-4-3-11(9-21)14(8-13)17(18,19)20;1-10-8-11(5-7-15(10)19-2)21-17(24)22-12-4-6-13(14(18)9-12)16(23)20-3;1-8(2)15-12(16)14-10-5-6-11(13-4)9(3)7-10/h6-11H,1-3,5H3,(H,24,27);6-12H,1-3,5H3,(H,23,26);6-11,25H,1-3,5H3,(H,23,26)(H,24,27);3-8H,1H3,(H2,23,24,25);4-9H,1,3H3,(H,20,23)(H2,21,22,24);5-8H,1-3H3,(H,14,16). The number of anilines is 11. The van der Waals surface area contributed by atoms with Crippen molar-refractivity contribution in [3.8, 4) is 6.07 Å². The van der Waals surface area contributed by atoms with Crippen molar-refractivity contribution in [1.82, 2.24) is 21.3 Å². The fourth-order valence-corrected chi connectivity index (χ4v) is 15.8. The Hall–Kier alpha value is -18.1.